The minimum atomic E-state index is -4.46. The Morgan fingerprint density at radius 3 is 2.15 bits per heavy atom. The Morgan fingerprint density at radius 2 is 1.53 bits per heavy atom. The molecule has 182 valence electrons. The van der Waals surface area contributed by atoms with Gasteiger partial charge < -0.3 is 9.80 Å². The van der Waals surface area contributed by atoms with Crippen molar-refractivity contribution in [2.45, 2.75) is 44.8 Å². The summed E-state index contributed by atoms with van der Waals surface area (Å²) in [6.45, 7) is 2.30. The molecule has 5 heterocycles. The van der Waals surface area contributed by atoms with Crippen molar-refractivity contribution in [2.75, 3.05) is 36.0 Å². The van der Waals surface area contributed by atoms with E-state index in [9.17, 15) is 22.0 Å². The molecule has 0 N–H and O–H groups in total. The minimum Gasteiger partial charge on any atom is -0.357 e. The highest BCUT2D eigenvalue weighted by molar-refractivity contribution is 5.71. The Kier molecular flexibility index (Phi) is 5.76. The van der Waals surface area contributed by atoms with E-state index in [2.05, 4.69) is 25.0 Å². The third kappa shape index (κ3) is 4.49. The fourth-order valence-electron chi connectivity index (χ4n) is 4.93. The number of alkyl halides is 5. The first-order valence-corrected chi connectivity index (χ1v) is 11.2. The van der Waals surface area contributed by atoms with Gasteiger partial charge in [-0.1, -0.05) is 6.07 Å². The van der Waals surface area contributed by atoms with Crippen molar-refractivity contribution in [3.63, 3.8) is 0 Å². The summed E-state index contributed by atoms with van der Waals surface area (Å²) in [6.07, 6.45) is -0.290. The number of hydrogen-bond acceptors (Lipinski definition) is 6. The molecule has 3 aromatic rings. The summed E-state index contributed by atoms with van der Waals surface area (Å²) in [5.74, 6) is 1.01. The number of fused-ring (bicyclic) bond motifs is 1. The second kappa shape index (κ2) is 8.62. The van der Waals surface area contributed by atoms with Crippen molar-refractivity contribution in [3.8, 4) is 0 Å². The highest BCUT2D eigenvalue weighted by atomic mass is 19.4. The van der Waals surface area contributed by atoms with Crippen LogP contribution in [0.15, 0.2) is 30.6 Å². The molecule has 0 saturated carbocycles. The number of halogens is 5. The SMILES string of the molecule is FC(F)Cn1ncc2ncc(N3CCC4(CCN(c5cccc(C(F)(F)F)n5)CC4)CC3)nc21. The molecule has 0 unspecified atom stereocenters. The zero-order chi connectivity index (χ0) is 23.9. The molecule has 0 radical (unpaired) electrons. The zero-order valence-electron chi connectivity index (χ0n) is 18.3. The van der Waals surface area contributed by atoms with E-state index >= 15 is 0 Å². The van der Waals surface area contributed by atoms with E-state index in [1.165, 1.54) is 16.9 Å². The van der Waals surface area contributed by atoms with Crippen molar-refractivity contribution < 1.29 is 22.0 Å². The lowest BCUT2D eigenvalue weighted by Gasteiger charge is -2.47. The molecular formula is C22H24F5N7. The van der Waals surface area contributed by atoms with Crippen LogP contribution in [0.4, 0.5) is 33.6 Å². The van der Waals surface area contributed by atoms with Gasteiger partial charge in [0.05, 0.1) is 12.4 Å². The van der Waals surface area contributed by atoms with Crippen LogP contribution in [-0.2, 0) is 12.7 Å². The standard InChI is InChI=1S/C22H24F5N7/c23-17(24)14-34-20-15(12-29-34)28-13-19(31-20)33-10-6-21(7-11-33)4-8-32(9-5-21)18-3-1-2-16(30-18)22(25,26)27/h1-3,12-13,17H,4-11,14H2. The molecule has 0 amide bonds. The normalized spacial score (nSPS) is 18.9. The topological polar surface area (TPSA) is 63.0 Å². The molecule has 2 fully saturated rings. The second-order valence-corrected chi connectivity index (χ2v) is 9.01. The smallest absolute Gasteiger partial charge is 0.357 e. The first-order chi connectivity index (χ1) is 16.2. The number of rotatable bonds is 4. The second-order valence-electron chi connectivity index (χ2n) is 9.01. The molecule has 12 heteroatoms. The Hall–Kier alpha value is -3.05. The van der Waals surface area contributed by atoms with Crippen LogP contribution in [0.3, 0.4) is 0 Å². The Bertz CT molecular complexity index is 1140. The first kappa shape index (κ1) is 22.7. The van der Waals surface area contributed by atoms with Gasteiger partial charge in [-0.05, 0) is 43.2 Å². The lowest BCUT2D eigenvalue weighted by Crippen LogP contribution is -2.47. The quantitative estimate of drug-likeness (QED) is 0.515. The van der Waals surface area contributed by atoms with Crippen molar-refractivity contribution in [3.05, 3.63) is 36.3 Å². The van der Waals surface area contributed by atoms with Crippen LogP contribution < -0.4 is 9.80 Å². The molecule has 0 aliphatic carbocycles. The molecule has 2 saturated heterocycles. The van der Waals surface area contributed by atoms with E-state index in [0.717, 1.165) is 44.8 Å². The number of pyridine rings is 1. The summed E-state index contributed by atoms with van der Waals surface area (Å²) in [5.41, 5.74) is 0.0869. The fourth-order valence-corrected chi connectivity index (χ4v) is 4.93. The molecule has 5 rings (SSSR count). The molecule has 2 aliphatic heterocycles. The third-order valence-electron chi connectivity index (χ3n) is 6.96. The van der Waals surface area contributed by atoms with Crippen LogP contribution in [0.2, 0.25) is 0 Å². The van der Waals surface area contributed by atoms with Gasteiger partial charge in [0, 0.05) is 26.2 Å². The number of nitrogens with zero attached hydrogens (tertiary/aromatic N) is 7. The van der Waals surface area contributed by atoms with E-state index in [1.807, 2.05) is 4.90 Å². The molecule has 0 aromatic carbocycles. The average Bonchev–Trinajstić information content (AvgIpc) is 3.21. The van der Waals surface area contributed by atoms with Crippen molar-refractivity contribution in [2.24, 2.45) is 5.41 Å². The largest absolute Gasteiger partial charge is 0.433 e. The Labute approximate surface area is 192 Å². The summed E-state index contributed by atoms with van der Waals surface area (Å²) < 4.78 is 65.8. The van der Waals surface area contributed by atoms with Gasteiger partial charge in [0.2, 0.25) is 0 Å². The monoisotopic (exact) mass is 481 g/mol. The summed E-state index contributed by atoms with van der Waals surface area (Å²) in [6, 6.07) is 4.02. The minimum absolute atomic E-state index is 0.129. The number of aromatic nitrogens is 5. The highest BCUT2D eigenvalue weighted by Gasteiger charge is 2.39. The lowest BCUT2D eigenvalue weighted by atomic mass is 9.71. The van der Waals surface area contributed by atoms with E-state index in [1.54, 1.807) is 12.3 Å². The van der Waals surface area contributed by atoms with Crippen LogP contribution in [0, 0.1) is 5.41 Å². The summed E-state index contributed by atoms with van der Waals surface area (Å²) in [5, 5.41) is 3.96. The maximum absolute atomic E-state index is 13.0. The predicted octanol–water partition coefficient (Wildman–Crippen LogP) is 4.39. The zero-order valence-corrected chi connectivity index (χ0v) is 18.3. The maximum Gasteiger partial charge on any atom is 0.433 e. The lowest BCUT2D eigenvalue weighted by molar-refractivity contribution is -0.141. The van der Waals surface area contributed by atoms with E-state index < -0.39 is 24.8 Å². The summed E-state index contributed by atoms with van der Waals surface area (Å²) >= 11 is 0. The molecule has 2 aliphatic rings. The van der Waals surface area contributed by atoms with Crippen LogP contribution in [0.25, 0.3) is 11.2 Å². The van der Waals surface area contributed by atoms with Crippen molar-refractivity contribution in [1.82, 2.24) is 24.7 Å². The van der Waals surface area contributed by atoms with Crippen LogP contribution in [-0.4, -0.2) is 57.3 Å². The highest BCUT2D eigenvalue weighted by Crippen LogP contribution is 2.43. The van der Waals surface area contributed by atoms with Gasteiger partial charge in [-0.3, -0.25) is 0 Å². The molecular weight excluding hydrogens is 457 g/mol. The number of anilines is 2. The van der Waals surface area contributed by atoms with Crippen LogP contribution in [0.5, 0.6) is 0 Å². The fraction of sp³-hybridized carbons (Fsp3) is 0.545. The van der Waals surface area contributed by atoms with Crippen LogP contribution in [0.1, 0.15) is 31.4 Å². The van der Waals surface area contributed by atoms with E-state index in [0.29, 0.717) is 35.9 Å². The van der Waals surface area contributed by atoms with E-state index in [-0.39, 0.29) is 5.41 Å². The molecule has 3 aromatic heterocycles. The average molecular weight is 481 g/mol. The van der Waals surface area contributed by atoms with Gasteiger partial charge in [-0.15, -0.1) is 0 Å². The molecule has 0 atom stereocenters. The summed E-state index contributed by atoms with van der Waals surface area (Å²) in [4.78, 5) is 16.7. The van der Waals surface area contributed by atoms with Crippen LogP contribution >= 0.6 is 0 Å². The molecule has 34 heavy (non-hydrogen) atoms. The maximum atomic E-state index is 13.0. The van der Waals surface area contributed by atoms with Gasteiger partial charge in [-0.2, -0.15) is 18.3 Å². The van der Waals surface area contributed by atoms with Gasteiger partial charge in [-0.25, -0.2) is 28.4 Å². The van der Waals surface area contributed by atoms with Crippen molar-refractivity contribution >= 4 is 22.8 Å². The van der Waals surface area contributed by atoms with Gasteiger partial charge in [0.25, 0.3) is 6.43 Å². The third-order valence-corrected chi connectivity index (χ3v) is 6.96. The first-order valence-electron chi connectivity index (χ1n) is 11.2. The Balaban J connectivity index is 1.22. The Morgan fingerprint density at radius 1 is 0.882 bits per heavy atom. The molecule has 1 spiro atoms. The summed E-state index contributed by atoms with van der Waals surface area (Å²) in [7, 11) is 0. The van der Waals surface area contributed by atoms with Gasteiger partial charge in [0.15, 0.2) is 5.65 Å². The number of piperidine rings is 2. The number of hydrogen-bond donors (Lipinski definition) is 0. The van der Waals surface area contributed by atoms with Gasteiger partial charge >= 0.3 is 6.18 Å². The predicted molar refractivity (Wildman–Crippen MR) is 116 cm³/mol. The van der Waals surface area contributed by atoms with Gasteiger partial charge in [0.1, 0.15) is 29.4 Å². The molecule has 0 bridgehead atoms. The van der Waals surface area contributed by atoms with E-state index in [4.69, 9.17) is 0 Å². The van der Waals surface area contributed by atoms with Crippen molar-refractivity contribution in [1.29, 1.82) is 0 Å². The molecule has 7 nitrogen and oxygen atoms in total.